The zero-order valence-corrected chi connectivity index (χ0v) is 8.93. The first-order valence-electron chi connectivity index (χ1n) is 5.10. The van der Waals surface area contributed by atoms with Gasteiger partial charge in [-0.25, -0.2) is 0 Å². The molecule has 0 unspecified atom stereocenters. The summed E-state index contributed by atoms with van der Waals surface area (Å²) >= 11 is 0. The Morgan fingerprint density at radius 2 is 2.00 bits per heavy atom. The minimum Gasteiger partial charge on any atom is -0.386 e. The molecule has 1 aliphatic carbocycles. The lowest BCUT2D eigenvalue weighted by molar-refractivity contribution is -0.109. The van der Waals surface area contributed by atoms with Crippen molar-refractivity contribution in [3.8, 4) is 0 Å². The van der Waals surface area contributed by atoms with Crippen molar-refractivity contribution in [1.82, 2.24) is 10.2 Å². The number of halogens is 3. The van der Waals surface area contributed by atoms with Crippen molar-refractivity contribution in [2.75, 3.05) is 7.05 Å². The summed E-state index contributed by atoms with van der Waals surface area (Å²) in [6, 6.07) is -0.0441. The van der Waals surface area contributed by atoms with Crippen LogP contribution in [0.4, 0.5) is 13.2 Å². The van der Waals surface area contributed by atoms with Crippen molar-refractivity contribution in [2.45, 2.75) is 25.1 Å². The van der Waals surface area contributed by atoms with Gasteiger partial charge in [0.25, 0.3) is 0 Å². The normalized spacial score (nSPS) is 21.8. The fourth-order valence-electron chi connectivity index (χ4n) is 1.82. The first kappa shape index (κ1) is 11.1. The Hall–Kier alpha value is -1.39. The van der Waals surface area contributed by atoms with Crippen molar-refractivity contribution < 1.29 is 13.2 Å². The first-order valence-corrected chi connectivity index (χ1v) is 5.10. The van der Waals surface area contributed by atoms with Crippen LogP contribution in [0.25, 0.3) is 0 Å². The summed E-state index contributed by atoms with van der Waals surface area (Å²) in [5, 5.41) is 2.85. The van der Waals surface area contributed by atoms with E-state index in [0.29, 0.717) is 11.4 Å². The number of nitrogens with one attached hydrogen (secondary N) is 1. The van der Waals surface area contributed by atoms with Crippen molar-refractivity contribution >= 4 is 0 Å². The van der Waals surface area contributed by atoms with Crippen LogP contribution < -0.4 is 5.32 Å². The highest BCUT2D eigenvalue weighted by atomic mass is 19.4. The molecule has 1 aliphatic heterocycles. The van der Waals surface area contributed by atoms with Crippen LogP contribution in [0.2, 0.25) is 0 Å². The lowest BCUT2D eigenvalue weighted by Gasteiger charge is -2.33. The van der Waals surface area contributed by atoms with E-state index in [1.54, 1.807) is 7.05 Å². The van der Waals surface area contributed by atoms with E-state index in [1.165, 1.54) is 11.0 Å². The summed E-state index contributed by atoms with van der Waals surface area (Å²) in [4.78, 5) is 1.30. The van der Waals surface area contributed by atoms with Crippen LogP contribution in [0.3, 0.4) is 0 Å². The summed E-state index contributed by atoms with van der Waals surface area (Å²) in [6.45, 7) is 3.73. The number of rotatable bonds is 2. The fourth-order valence-corrected chi connectivity index (χ4v) is 1.82. The number of alkyl halides is 3. The topological polar surface area (TPSA) is 15.3 Å². The molecule has 1 heterocycles. The Kier molecular flexibility index (Phi) is 2.48. The largest absolute Gasteiger partial charge is 0.431 e. The minimum absolute atomic E-state index is 0.0441. The second-order valence-corrected chi connectivity index (χ2v) is 3.93. The van der Waals surface area contributed by atoms with Crippen LogP contribution in [0, 0.1) is 0 Å². The van der Waals surface area contributed by atoms with Crippen LogP contribution in [0.1, 0.15) is 12.8 Å². The Morgan fingerprint density at radius 3 is 2.44 bits per heavy atom. The highest BCUT2D eigenvalue weighted by Crippen LogP contribution is 2.42. The van der Waals surface area contributed by atoms with E-state index >= 15 is 0 Å². The van der Waals surface area contributed by atoms with Gasteiger partial charge in [0.1, 0.15) is 5.70 Å². The molecule has 16 heavy (non-hydrogen) atoms. The average Bonchev–Trinajstić information content (AvgIpc) is 2.99. The Morgan fingerprint density at radius 1 is 1.38 bits per heavy atom. The molecule has 0 spiro atoms. The second kappa shape index (κ2) is 3.57. The molecule has 1 saturated carbocycles. The van der Waals surface area contributed by atoms with E-state index in [4.69, 9.17) is 0 Å². The van der Waals surface area contributed by atoms with Gasteiger partial charge in [0.2, 0.25) is 0 Å². The maximum absolute atomic E-state index is 12.8. The summed E-state index contributed by atoms with van der Waals surface area (Å²) in [5.74, 6) is 0. The lowest BCUT2D eigenvalue weighted by atomic mass is 10.1. The molecule has 0 saturated heterocycles. The van der Waals surface area contributed by atoms with Crippen LogP contribution in [-0.2, 0) is 0 Å². The van der Waals surface area contributed by atoms with Gasteiger partial charge in [0.15, 0.2) is 0 Å². The van der Waals surface area contributed by atoms with Crippen LogP contribution >= 0.6 is 0 Å². The van der Waals surface area contributed by atoms with Gasteiger partial charge in [-0.15, -0.1) is 0 Å². The Bertz CT molecular complexity index is 375. The third kappa shape index (κ3) is 1.81. The maximum atomic E-state index is 12.8. The predicted molar refractivity (Wildman–Crippen MR) is 55.3 cm³/mol. The number of hydrogen-bond donors (Lipinski definition) is 1. The van der Waals surface area contributed by atoms with Crippen molar-refractivity contribution in [2.24, 2.45) is 0 Å². The minimum atomic E-state index is -4.32. The molecule has 5 heteroatoms. The van der Waals surface area contributed by atoms with Gasteiger partial charge in [0.05, 0.1) is 11.4 Å². The van der Waals surface area contributed by atoms with E-state index in [1.807, 2.05) is 0 Å². The monoisotopic (exact) mass is 230 g/mol. The van der Waals surface area contributed by atoms with Crippen molar-refractivity contribution in [3.63, 3.8) is 0 Å². The molecule has 88 valence electrons. The maximum Gasteiger partial charge on any atom is 0.431 e. The van der Waals surface area contributed by atoms with Gasteiger partial charge >= 0.3 is 6.18 Å². The summed E-state index contributed by atoms with van der Waals surface area (Å²) in [6.07, 6.45) is -0.197. The second-order valence-electron chi connectivity index (χ2n) is 3.93. The molecule has 0 bridgehead atoms. The highest BCUT2D eigenvalue weighted by Gasteiger charge is 2.45. The molecule has 0 amide bonds. The van der Waals surface area contributed by atoms with E-state index < -0.39 is 11.9 Å². The van der Waals surface area contributed by atoms with Gasteiger partial charge in [-0.2, -0.15) is 13.2 Å². The van der Waals surface area contributed by atoms with E-state index in [-0.39, 0.29) is 6.04 Å². The smallest absolute Gasteiger partial charge is 0.386 e. The van der Waals surface area contributed by atoms with Gasteiger partial charge < -0.3 is 10.2 Å². The lowest BCUT2D eigenvalue weighted by Crippen LogP contribution is -2.36. The quantitative estimate of drug-likeness (QED) is 0.784. The molecule has 2 aliphatic rings. The zero-order chi connectivity index (χ0) is 11.9. The number of likely N-dealkylation sites (N-methyl/N-ethyl adjacent to an activating group) is 1. The summed E-state index contributed by atoms with van der Waals surface area (Å²) < 4.78 is 38.3. The van der Waals surface area contributed by atoms with E-state index in [0.717, 1.165) is 18.9 Å². The molecule has 0 radical (unpaired) electrons. The van der Waals surface area contributed by atoms with E-state index in [9.17, 15) is 13.2 Å². The molecule has 0 aromatic rings. The third-order valence-electron chi connectivity index (χ3n) is 2.74. The van der Waals surface area contributed by atoms with Crippen LogP contribution in [0.15, 0.2) is 35.8 Å². The Labute approximate surface area is 92.1 Å². The zero-order valence-electron chi connectivity index (χ0n) is 8.93. The number of hydrogen-bond acceptors (Lipinski definition) is 2. The Balaban J connectivity index is 2.36. The summed E-state index contributed by atoms with van der Waals surface area (Å²) in [5.41, 5.74) is 0.429. The SMILES string of the molecule is C=C1C(NC)=CC=C(C(F)(F)F)N1C1CC1. The van der Waals surface area contributed by atoms with Crippen LogP contribution in [-0.4, -0.2) is 24.2 Å². The molecular formula is C11H13F3N2. The van der Waals surface area contributed by atoms with Gasteiger partial charge in [-0.1, -0.05) is 6.58 Å². The standard InChI is InChI=1S/C11H13F3N2/c1-7-9(15-2)5-6-10(11(12,13)14)16(7)8-3-4-8/h5-6,8,15H,1,3-4H2,2H3. The number of nitrogens with zero attached hydrogens (tertiary/aromatic N) is 1. The molecule has 2 nitrogen and oxygen atoms in total. The van der Waals surface area contributed by atoms with Crippen LogP contribution in [0.5, 0.6) is 0 Å². The van der Waals surface area contributed by atoms with E-state index in [2.05, 4.69) is 11.9 Å². The highest BCUT2D eigenvalue weighted by molar-refractivity contribution is 5.40. The first-order chi connectivity index (χ1) is 7.45. The average molecular weight is 230 g/mol. The van der Waals surface area contributed by atoms with Crippen molar-refractivity contribution in [1.29, 1.82) is 0 Å². The molecule has 0 aromatic carbocycles. The molecule has 0 atom stereocenters. The van der Waals surface area contributed by atoms with Crippen molar-refractivity contribution in [3.05, 3.63) is 35.8 Å². The number of allylic oxidation sites excluding steroid dienone is 3. The molecule has 1 fully saturated rings. The summed E-state index contributed by atoms with van der Waals surface area (Å²) in [7, 11) is 1.68. The van der Waals surface area contributed by atoms with Gasteiger partial charge in [-0.05, 0) is 25.0 Å². The third-order valence-corrected chi connectivity index (χ3v) is 2.74. The molecule has 2 rings (SSSR count). The molecule has 1 N–H and O–H groups in total. The molecular weight excluding hydrogens is 217 g/mol. The fraction of sp³-hybridized carbons (Fsp3) is 0.455. The molecule has 0 aromatic heterocycles. The van der Waals surface area contributed by atoms with Gasteiger partial charge in [0, 0.05) is 13.1 Å². The van der Waals surface area contributed by atoms with Gasteiger partial charge in [-0.3, -0.25) is 0 Å². The predicted octanol–water partition coefficient (Wildman–Crippen LogP) is 2.53.